The minimum atomic E-state index is -3.65. The number of aromatic nitrogens is 1. The molecule has 7 nitrogen and oxygen atoms in total. The van der Waals surface area contributed by atoms with Crippen LogP contribution in [0, 0.1) is 5.92 Å². The summed E-state index contributed by atoms with van der Waals surface area (Å²) >= 11 is 5.84. The number of sulfonamides is 1. The molecule has 1 aliphatic heterocycles. The topological polar surface area (TPSA) is 96.5 Å². The number of ether oxygens (including phenoxy) is 1. The van der Waals surface area contributed by atoms with Gasteiger partial charge in [0.05, 0.1) is 10.8 Å². The smallest absolute Gasteiger partial charge is 0.309 e. The average Bonchev–Trinajstić information content (AvgIpc) is 3.23. The van der Waals surface area contributed by atoms with Crippen LogP contribution in [0.5, 0.6) is 0 Å². The molecule has 1 aromatic heterocycles. The third kappa shape index (κ3) is 4.44. The quantitative estimate of drug-likeness (QED) is 0.429. The lowest BCUT2D eigenvalue weighted by Gasteiger charge is -2.30. The van der Waals surface area contributed by atoms with Crippen LogP contribution in [0.3, 0.4) is 0 Å². The number of para-hydroxylation sites is 1. The molecule has 0 radical (unpaired) electrons. The van der Waals surface area contributed by atoms with Crippen molar-refractivity contribution in [3.8, 4) is 0 Å². The number of benzene rings is 2. The van der Waals surface area contributed by atoms with Gasteiger partial charge in [-0.15, -0.1) is 0 Å². The first-order valence-corrected chi connectivity index (χ1v) is 12.2. The molecule has 0 saturated carbocycles. The second-order valence-corrected chi connectivity index (χ2v) is 10.2. The predicted octanol–water partition coefficient (Wildman–Crippen LogP) is 4.04. The van der Waals surface area contributed by atoms with Crippen molar-refractivity contribution in [3.63, 3.8) is 0 Å². The Hall–Kier alpha value is -2.68. The van der Waals surface area contributed by atoms with E-state index in [1.807, 2.05) is 24.3 Å². The number of piperidine rings is 1. The molecule has 0 spiro atoms. The van der Waals surface area contributed by atoms with Crippen LogP contribution >= 0.6 is 11.6 Å². The number of ketones is 1. The molecular formula is C23H23ClN2O5S. The monoisotopic (exact) mass is 474 g/mol. The van der Waals surface area contributed by atoms with Crippen LogP contribution in [0.15, 0.2) is 59.6 Å². The number of carbonyl (C=O) groups excluding carboxylic acids is 2. The maximum absolute atomic E-state index is 12.8. The number of nitrogens with zero attached hydrogens (tertiary/aromatic N) is 1. The summed E-state index contributed by atoms with van der Waals surface area (Å²) in [5.41, 5.74) is 1.31. The third-order valence-corrected chi connectivity index (χ3v) is 7.92. The predicted molar refractivity (Wildman–Crippen MR) is 121 cm³/mol. The molecule has 1 fully saturated rings. The second kappa shape index (κ2) is 9.05. The SMILES string of the molecule is CC(OC(=O)C1CCN(S(=O)(=O)c2ccc(Cl)cc2)CC1)C(=O)c1c[nH]c2ccccc12. The molecule has 1 unspecified atom stereocenters. The molecule has 0 bridgehead atoms. The lowest BCUT2D eigenvalue weighted by molar-refractivity contribution is -0.152. The van der Waals surface area contributed by atoms with Gasteiger partial charge in [0.25, 0.3) is 0 Å². The summed E-state index contributed by atoms with van der Waals surface area (Å²) in [5.74, 6) is -1.21. The zero-order valence-corrected chi connectivity index (χ0v) is 19.0. The van der Waals surface area contributed by atoms with Crippen molar-refractivity contribution < 1.29 is 22.7 Å². The summed E-state index contributed by atoms with van der Waals surface area (Å²) in [6.45, 7) is 1.97. The fraction of sp³-hybridized carbons (Fsp3) is 0.304. The molecule has 0 aliphatic carbocycles. The number of fused-ring (bicyclic) bond motifs is 1. The summed E-state index contributed by atoms with van der Waals surface area (Å²) in [6.07, 6.45) is 1.36. The molecule has 1 N–H and O–H groups in total. The van der Waals surface area contributed by atoms with Crippen molar-refractivity contribution in [2.24, 2.45) is 5.92 Å². The highest BCUT2D eigenvalue weighted by molar-refractivity contribution is 7.89. The van der Waals surface area contributed by atoms with Gasteiger partial charge in [-0.1, -0.05) is 29.8 Å². The number of rotatable bonds is 6. The van der Waals surface area contributed by atoms with Crippen LogP contribution in [0.25, 0.3) is 10.9 Å². The Bertz CT molecular complexity index is 1240. The number of nitrogens with one attached hydrogen (secondary N) is 1. The molecule has 4 rings (SSSR count). The lowest BCUT2D eigenvalue weighted by atomic mass is 9.98. The van der Waals surface area contributed by atoms with E-state index in [1.165, 1.54) is 28.6 Å². The third-order valence-electron chi connectivity index (χ3n) is 5.76. The second-order valence-electron chi connectivity index (χ2n) is 7.82. The standard InChI is InChI=1S/C23H23ClN2O5S/c1-15(22(27)20-14-25-21-5-3-2-4-19(20)21)31-23(28)16-10-12-26(13-11-16)32(29,30)18-8-6-17(24)7-9-18/h2-9,14-16,25H,10-13H2,1H3. The summed E-state index contributed by atoms with van der Waals surface area (Å²) in [7, 11) is -3.65. The van der Waals surface area contributed by atoms with E-state index in [4.69, 9.17) is 16.3 Å². The van der Waals surface area contributed by atoms with E-state index in [0.29, 0.717) is 23.4 Å². The van der Waals surface area contributed by atoms with E-state index < -0.39 is 28.0 Å². The van der Waals surface area contributed by atoms with Gasteiger partial charge in [0.2, 0.25) is 15.8 Å². The van der Waals surface area contributed by atoms with Gasteiger partial charge in [-0.05, 0) is 50.1 Å². The van der Waals surface area contributed by atoms with E-state index >= 15 is 0 Å². The van der Waals surface area contributed by atoms with E-state index in [0.717, 1.165) is 10.9 Å². The number of hydrogen-bond donors (Lipinski definition) is 1. The average molecular weight is 475 g/mol. The van der Waals surface area contributed by atoms with Gasteiger partial charge in [0.1, 0.15) is 0 Å². The molecule has 9 heteroatoms. The number of esters is 1. The van der Waals surface area contributed by atoms with Gasteiger partial charge in [-0.2, -0.15) is 4.31 Å². The highest BCUT2D eigenvalue weighted by Crippen LogP contribution is 2.26. The minimum Gasteiger partial charge on any atom is -0.454 e. The fourth-order valence-corrected chi connectivity index (χ4v) is 5.50. The molecule has 1 saturated heterocycles. The van der Waals surface area contributed by atoms with Crippen LogP contribution in [0.2, 0.25) is 5.02 Å². The number of aromatic amines is 1. The Morgan fingerprint density at radius 2 is 1.75 bits per heavy atom. The molecule has 32 heavy (non-hydrogen) atoms. The molecule has 1 atom stereocenters. The number of carbonyl (C=O) groups is 2. The Labute approximate surface area is 191 Å². The Balaban J connectivity index is 1.36. The molecule has 1 aliphatic rings. The van der Waals surface area contributed by atoms with E-state index in [2.05, 4.69) is 4.98 Å². The maximum atomic E-state index is 12.8. The molecule has 0 amide bonds. The van der Waals surface area contributed by atoms with Crippen LogP contribution in [0.4, 0.5) is 0 Å². The molecule has 3 aromatic rings. The summed E-state index contributed by atoms with van der Waals surface area (Å²) in [6, 6.07) is 13.4. The molecule has 168 valence electrons. The van der Waals surface area contributed by atoms with E-state index in [9.17, 15) is 18.0 Å². The van der Waals surface area contributed by atoms with Gasteiger partial charge >= 0.3 is 5.97 Å². The number of hydrogen-bond acceptors (Lipinski definition) is 5. The first-order valence-electron chi connectivity index (χ1n) is 10.3. The van der Waals surface area contributed by atoms with Gasteiger partial charge in [-0.25, -0.2) is 8.42 Å². The fourth-order valence-electron chi connectivity index (χ4n) is 3.91. The maximum Gasteiger partial charge on any atom is 0.309 e. The van der Waals surface area contributed by atoms with Crippen LogP contribution in [-0.4, -0.2) is 48.7 Å². The van der Waals surface area contributed by atoms with Crippen molar-refractivity contribution in [1.29, 1.82) is 0 Å². The number of Topliss-reactive ketones (excluding diaryl/α,β-unsaturated/α-hetero) is 1. The Morgan fingerprint density at radius 1 is 1.09 bits per heavy atom. The highest BCUT2D eigenvalue weighted by atomic mass is 35.5. The molecule has 2 heterocycles. The first-order chi connectivity index (χ1) is 15.3. The number of H-pyrrole nitrogens is 1. The van der Waals surface area contributed by atoms with Crippen molar-refractivity contribution in [3.05, 3.63) is 65.3 Å². The largest absolute Gasteiger partial charge is 0.454 e. The normalized spacial score (nSPS) is 16.7. The summed E-state index contributed by atoms with van der Waals surface area (Å²) in [5, 5.41) is 1.24. The van der Waals surface area contributed by atoms with Crippen molar-refractivity contribution >= 4 is 44.3 Å². The Kier molecular flexibility index (Phi) is 6.37. The lowest BCUT2D eigenvalue weighted by Crippen LogP contribution is -2.41. The summed E-state index contributed by atoms with van der Waals surface area (Å²) in [4.78, 5) is 28.7. The van der Waals surface area contributed by atoms with E-state index in [1.54, 1.807) is 13.1 Å². The highest BCUT2D eigenvalue weighted by Gasteiger charge is 2.34. The zero-order valence-electron chi connectivity index (χ0n) is 17.5. The number of halogens is 1. The molecule has 2 aromatic carbocycles. The summed E-state index contributed by atoms with van der Waals surface area (Å²) < 4.78 is 32.4. The van der Waals surface area contributed by atoms with Crippen LogP contribution < -0.4 is 0 Å². The van der Waals surface area contributed by atoms with Crippen molar-refractivity contribution in [1.82, 2.24) is 9.29 Å². The van der Waals surface area contributed by atoms with Crippen LogP contribution in [-0.2, 0) is 19.6 Å². The van der Waals surface area contributed by atoms with Gasteiger partial charge in [-0.3, -0.25) is 9.59 Å². The molecular weight excluding hydrogens is 452 g/mol. The van der Waals surface area contributed by atoms with Crippen molar-refractivity contribution in [2.45, 2.75) is 30.8 Å². The first kappa shape index (κ1) is 22.5. The van der Waals surface area contributed by atoms with Gasteiger partial charge in [0, 0.05) is 40.8 Å². The van der Waals surface area contributed by atoms with Gasteiger partial charge in [0.15, 0.2) is 6.10 Å². The zero-order chi connectivity index (χ0) is 22.9. The van der Waals surface area contributed by atoms with E-state index in [-0.39, 0.29) is 23.8 Å². The Morgan fingerprint density at radius 3 is 2.44 bits per heavy atom. The minimum absolute atomic E-state index is 0.167. The van der Waals surface area contributed by atoms with Crippen molar-refractivity contribution in [2.75, 3.05) is 13.1 Å². The van der Waals surface area contributed by atoms with Gasteiger partial charge < -0.3 is 9.72 Å². The van der Waals surface area contributed by atoms with Crippen LogP contribution in [0.1, 0.15) is 30.1 Å².